The molecule has 2 unspecified atom stereocenters. The van der Waals surface area contributed by atoms with E-state index in [1.54, 1.807) is 10.8 Å². The smallest absolute Gasteiger partial charge is 0.313 e. The highest BCUT2D eigenvalue weighted by molar-refractivity contribution is 5.96. The van der Waals surface area contributed by atoms with E-state index in [0.717, 1.165) is 35.7 Å². The number of carbonyl (C=O) groups excluding carboxylic acids is 2. The molecule has 23 heavy (non-hydrogen) atoms. The van der Waals surface area contributed by atoms with Crippen LogP contribution in [0, 0.1) is 5.92 Å². The third-order valence-corrected chi connectivity index (χ3v) is 4.59. The van der Waals surface area contributed by atoms with Crippen molar-refractivity contribution < 1.29 is 14.3 Å². The van der Waals surface area contributed by atoms with Crippen LogP contribution in [-0.4, -0.2) is 23.6 Å². The summed E-state index contributed by atoms with van der Waals surface area (Å²) >= 11 is 0. The number of rotatable bonds is 6. The van der Waals surface area contributed by atoms with Gasteiger partial charge in [-0.15, -0.1) is 0 Å². The van der Waals surface area contributed by atoms with Crippen molar-refractivity contribution in [3.8, 4) is 0 Å². The monoisotopic (exact) mass is 315 g/mol. The molecule has 124 valence electrons. The summed E-state index contributed by atoms with van der Waals surface area (Å²) in [5.74, 6) is -0.0689. The van der Waals surface area contributed by atoms with Crippen LogP contribution in [-0.2, 0) is 9.53 Å². The van der Waals surface area contributed by atoms with Crippen molar-refractivity contribution in [1.29, 1.82) is 0 Å². The topological polar surface area (TPSA) is 48.3 Å². The molecule has 2 atom stereocenters. The van der Waals surface area contributed by atoms with Gasteiger partial charge in [0.15, 0.2) is 0 Å². The van der Waals surface area contributed by atoms with Gasteiger partial charge in [-0.1, -0.05) is 38.5 Å². The van der Waals surface area contributed by atoms with Crippen LogP contribution in [0.5, 0.6) is 0 Å². The van der Waals surface area contributed by atoms with Crippen molar-refractivity contribution in [3.05, 3.63) is 36.0 Å². The molecular formula is C19H25NO3. The minimum atomic E-state index is -0.334. The van der Waals surface area contributed by atoms with Crippen LogP contribution in [0.3, 0.4) is 0 Å². The number of hydrogen-bond acceptors (Lipinski definition) is 3. The molecule has 0 amide bonds. The first-order valence-corrected chi connectivity index (χ1v) is 8.18. The Morgan fingerprint density at radius 3 is 2.52 bits per heavy atom. The summed E-state index contributed by atoms with van der Waals surface area (Å²) in [7, 11) is 1.42. The average molecular weight is 315 g/mol. The van der Waals surface area contributed by atoms with Gasteiger partial charge < -0.3 is 4.74 Å². The first-order chi connectivity index (χ1) is 11.0. The second-order valence-corrected chi connectivity index (χ2v) is 6.16. The Kier molecular flexibility index (Phi) is 5.59. The van der Waals surface area contributed by atoms with Gasteiger partial charge in [-0.25, -0.2) is 0 Å². The molecule has 1 aromatic carbocycles. The van der Waals surface area contributed by atoms with E-state index in [9.17, 15) is 9.59 Å². The number of carbonyl (C=O) groups is 2. The van der Waals surface area contributed by atoms with Gasteiger partial charge in [0.1, 0.15) is 0 Å². The summed E-state index contributed by atoms with van der Waals surface area (Å²) in [5, 5.41) is 0.947. The molecule has 2 rings (SSSR count). The molecule has 0 aliphatic rings. The van der Waals surface area contributed by atoms with Gasteiger partial charge in [-0.05, 0) is 30.4 Å². The molecule has 4 heteroatoms. The van der Waals surface area contributed by atoms with Crippen LogP contribution >= 0.6 is 0 Å². The molecular weight excluding hydrogens is 290 g/mol. The van der Waals surface area contributed by atoms with Crippen molar-refractivity contribution in [1.82, 2.24) is 4.57 Å². The van der Waals surface area contributed by atoms with Crippen molar-refractivity contribution in [2.45, 2.75) is 46.0 Å². The number of aromatic nitrogens is 1. The maximum Gasteiger partial charge on any atom is 0.313 e. The predicted octanol–water partition coefficient (Wildman–Crippen LogP) is 4.38. The predicted molar refractivity (Wildman–Crippen MR) is 91.7 cm³/mol. The standard InChI is InChI=1S/C19H25NO3/c1-5-13(2)10-11-16(19(22)23-4)17-12-20(14(3)21)18-9-7-6-8-15(17)18/h6-9,12-13,16H,5,10-11H2,1-4H3. The maximum atomic E-state index is 12.3. The van der Waals surface area contributed by atoms with E-state index in [2.05, 4.69) is 13.8 Å². The molecule has 0 aliphatic carbocycles. The lowest BCUT2D eigenvalue weighted by Crippen LogP contribution is -2.15. The number of methoxy groups -OCH3 is 1. The van der Waals surface area contributed by atoms with Crippen LogP contribution in [0.1, 0.15) is 56.3 Å². The lowest BCUT2D eigenvalue weighted by molar-refractivity contribution is -0.142. The van der Waals surface area contributed by atoms with Gasteiger partial charge in [-0.3, -0.25) is 14.2 Å². The number of hydrogen-bond donors (Lipinski definition) is 0. The Bertz CT molecular complexity index is 702. The second-order valence-electron chi connectivity index (χ2n) is 6.16. The lowest BCUT2D eigenvalue weighted by Gasteiger charge is -2.16. The number of ether oxygens (including phenoxy) is 1. The summed E-state index contributed by atoms with van der Waals surface area (Å²) in [6, 6.07) is 7.70. The Balaban J connectivity index is 2.47. The Morgan fingerprint density at radius 1 is 1.22 bits per heavy atom. The van der Waals surface area contributed by atoms with Crippen LogP contribution in [0.15, 0.2) is 30.5 Å². The molecule has 0 aliphatic heterocycles. The van der Waals surface area contributed by atoms with Crippen LogP contribution < -0.4 is 0 Å². The van der Waals surface area contributed by atoms with Crippen LogP contribution in [0.4, 0.5) is 0 Å². The first-order valence-electron chi connectivity index (χ1n) is 8.18. The summed E-state index contributed by atoms with van der Waals surface area (Å²) in [6.45, 7) is 5.87. The van der Waals surface area contributed by atoms with Gasteiger partial charge >= 0.3 is 5.97 Å². The molecule has 0 N–H and O–H groups in total. The van der Waals surface area contributed by atoms with Gasteiger partial charge in [0.2, 0.25) is 5.91 Å². The molecule has 0 radical (unpaired) electrons. The first kappa shape index (κ1) is 17.3. The molecule has 0 saturated heterocycles. The maximum absolute atomic E-state index is 12.3. The van der Waals surface area contributed by atoms with E-state index >= 15 is 0 Å². The van der Waals surface area contributed by atoms with Crippen molar-refractivity contribution in [3.63, 3.8) is 0 Å². The molecule has 2 aromatic rings. The quantitative estimate of drug-likeness (QED) is 0.743. The molecule has 1 aromatic heterocycles. The third-order valence-electron chi connectivity index (χ3n) is 4.59. The number of para-hydroxylation sites is 1. The third kappa shape index (κ3) is 3.63. The van der Waals surface area contributed by atoms with E-state index < -0.39 is 0 Å². The number of nitrogens with zero attached hydrogens (tertiary/aromatic N) is 1. The highest BCUT2D eigenvalue weighted by Gasteiger charge is 2.26. The molecule has 0 spiro atoms. The lowest BCUT2D eigenvalue weighted by atomic mass is 9.90. The Labute approximate surface area is 137 Å². The minimum Gasteiger partial charge on any atom is -0.469 e. The van der Waals surface area contributed by atoms with Gasteiger partial charge in [0.05, 0.1) is 18.5 Å². The fourth-order valence-corrected chi connectivity index (χ4v) is 2.94. The normalized spacial score (nSPS) is 13.7. The fraction of sp³-hybridized carbons (Fsp3) is 0.474. The molecule has 0 fully saturated rings. The summed E-state index contributed by atoms with van der Waals surface area (Å²) in [6.07, 6.45) is 4.57. The van der Waals surface area contributed by atoms with E-state index in [1.807, 2.05) is 24.3 Å². The zero-order valence-corrected chi connectivity index (χ0v) is 14.3. The Hall–Kier alpha value is -2.10. The van der Waals surface area contributed by atoms with Crippen molar-refractivity contribution in [2.24, 2.45) is 5.92 Å². The molecule has 1 heterocycles. The number of fused-ring (bicyclic) bond motifs is 1. The van der Waals surface area contributed by atoms with Gasteiger partial charge in [-0.2, -0.15) is 0 Å². The minimum absolute atomic E-state index is 0.0574. The average Bonchev–Trinajstić information content (AvgIpc) is 2.94. The number of benzene rings is 1. The Morgan fingerprint density at radius 2 is 1.91 bits per heavy atom. The van der Waals surface area contributed by atoms with Crippen molar-refractivity contribution >= 4 is 22.8 Å². The van der Waals surface area contributed by atoms with E-state index in [-0.39, 0.29) is 17.8 Å². The van der Waals surface area contributed by atoms with Crippen molar-refractivity contribution in [2.75, 3.05) is 7.11 Å². The van der Waals surface area contributed by atoms with E-state index in [4.69, 9.17) is 4.74 Å². The second kappa shape index (κ2) is 7.44. The van der Waals surface area contributed by atoms with Gasteiger partial charge in [0, 0.05) is 18.5 Å². The zero-order chi connectivity index (χ0) is 17.0. The van der Waals surface area contributed by atoms with Crippen LogP contribution in [0.2, 0.25) is 0 Å². The summed E-state index contributed by atoms with van der Waals surface area (Å²) in [4.78, 5) is 24.2. The number of esters is 1. The van der Waals surface area contributed by atoms with Crippen LogP contribution in [0.25, 0.3) is 10.9 Å². The zero-order valence-electron chi connectivity index (χ0n) is 14.3. The molecule has 0 saturated carbocycles. The molecule has 4 nitrogen and oxygen atoms in total. The summed E-state index contributed by atoms with van der Waals surface area (Å²) in [5.41, 5.74) is 1.72. The van der Waals surface area contributed by atoms with E-state index in [1.165, 1.54) is 14.0 Å². The van der Waals surface area contributed by atoms with Gasteiger partial charge in [0.25, 0.3) is 0 Å². The largest absolute Gasteiger partial charge is 0.469 e. The fourth-order valence-electron chi connectivity index (χ4n) is 2.94. The van der Waals surface area contributed by atoms with E-state index in [0.29, 0.717) is 5.92 Å². The highest BCUT2D eigenvalue weighted by Crippen LogP contribution is 2.32. The highest BCUT2D eigenvalue weighted by atomic mass is 16.5. The summed E-state index contributed by atoms with van der Waals surface area (Å²) < 4.78 is 6.63. The molecule has 0 bridgehead atoms. The SMILES string of the molecule is CCC(C)CCC(C(=O)OC)c1cn(C(C)=O)c2ccccc12.